The van der Waals surface area contributed by atoms with Crippen LogP contribution < -0.4 is 9.46 Å². The molecule has 4 bridgehead atoms. The number of amides is 2. The van der Waals surface area contributed by atoms with Crippen LogP contribution in [0.4, 0.5) is 5.95 Å². The molecule has 12 nitrogen and oxygen atoms in total. The predicted molar refractivity (Wildman–Crippen MR) is 188 cm³/mol. The van der Waals surface area contributed by atoms with E-state index in [0.717, 1.165) is 16.7 Å². The fourth-order valence-electron chi connectivity index (χ4n) is 6.31. The molecule has 262 valence electrons. The first-order valence-electron chi connectivity index (χ1n) is 16.6. The van der Waals surface area contributed by atoms with Gasteiger partial charge in [-0.05, 0) is 67.1 Å². The summed E-state index contributed by atoms with van der Waals surface area (Å²) >= 11 is 0. The van der Waals surface area contributed by atoms with Gasteiger partial charge in [-0.2, -0.15) is 4.98 Å². The molecule has 1 fully saturated rings. The quantitative estimate of drug-likeness (QED) is 0.295. The molecular formula is C37H42N6O6S. The van der Waals surface area contributed by atoms with E-state index in [1.807, 2.05) is 32.0 Å². The summed E-state index contributed by atoms with van der Waals surface area (Å²) in [5, 5.41) is 0. The van der Waals surface area contributed by atoms with Crippen LogP contribution in [0.15, 0.2) is 71.8 Å². The zero-order chi connectivity index (χ0) is 35.6. The number of pyridine rings is 1. The number of rotatable bonds is 5. The third-order valence-electron chi connectivity index (χ3n) is 8.73. The maximum atomic E-state index is 14.4. The van der Waals surface area contributed by atoms with Gasteiger partial charge in [-0.1, -0.05) is 45.0 Å². The molecule has 2 amide bonds. The molecule has 2 aliphatic rings. The maximum absolute atomic E-state index is 14.4. The Hall–Kier alpha value is -4.88. The van der Waals surface area contributed by atoms with Crippen LogP contribution in [0, 0.1) is 19.3 Å². The van der Waals surface area contributed by atoms with E-state index in [1.54, 1.807) is 40.1 Å². The van der Waals surface area contributed by atoms with Crippen LogP contribution >= 0.6 is 0 Å². The lowest BCUT2D eigenvalue weighted by molar-refractivity contribution is 0.0302. The number of aromatic nitrogens is 3. The van der Waals surface area contributed by atoms with E-state index in [4.69, 9.17) is 9.47 Å². The van der Waals surface area contributed by atoms with E-state index in [0.29, 0.717) is 49.7 Å². The lowest BCUT2D eigenvalue weighted by Gasteiger charge is -2.35. The van der Waals surface area contributed by atoms with Gasteiger partial charge in [0, 0.05) is 36.5 Å². The number of ether oxygens (including phenoxy) is 2. The van der Waals surface area contributed by atoms with Crippen molar-refractivity contribution < 1.29 is 27.5 Å². The Morgan fingerprint density at radius 3 is 2.38 bits per heavy atom. The average Bonchev–Trinajstić information content (AvgIpc) is 3.08. The van der Waals surface area contributed by atoms with Crippen LogP contribution in [0.5, 0.6) is 5.88 Å². The lowest BCUT2D eigenvalue weighted by Crippen LogP contribution is -2.45. The first-order chi connectivity index (χ1) is 23.8. The Labute approximate surface area is 292 Å². The second-order valence-electron chi connectivity index (χ2n) is 13.9. The van der Waals surface area contributed by atoms with E-state index in [1.165, 1.54) is 18.3 Å². The minimum absolute atomic E-state index is 0.0612. The number of nitrogens with one attached hydrogen (secondary N) is 1. The number of anilines is 1. The number of benzene rings is 2. The van der Waals surface area contributed by atoms with Gasteiger partial charge in [0.05, 0.1) is 47.6 Å². The van der Waals surface area contributed by atoms with Crippen molar-refractivity contribution in [1.82, 2.24) is 24.8 Å². The highest BCUT2D eigenvalue weighted by Crippen LogP contribution is 2.31. The molecule has 6 rings (SSSR count). The second kappa shape index (κ2) is 14.2. The van der Waals surface area contributed by atoms with Gasteiger partial charge in [0.1, 0.15) is 6.61 Å². The molecule has 0 spiro atoms. The van der Waals surface area contributed by atoms with Crippen molar-refractivity contribution in [1.29, 1.82) is 0 Å². The summed E-state index contributed by atoms with van der Waals surface area (Å²) in [4.78, 5) is 44.4. The van der Waals surface area contributed by atoms with E-state index < -0.39 is 16.1 Å². The molecule has 4 aromatic rings. The molecule has 0 aliphatic carbocycles. The highest BCUT2D eigenvalue weighted by Gasteiger charge is 2.32. The van der Waals surface area contributed by atoms with Crippen molar-refractivity contribution in [3.63, 3.8) is 0 Å². The standard InChI is InChI=1S/C37H42N6O6S/c1-24-8-6-9-25(2)33(24)31-19-32-40-36(39-31)41-50(46,47)30-11-7-10-26(18-30)35(45)43(29(23-49-32)20-37(3,4)5)22-28-13-12-27(21-38-28)34(44)42-14-16-48-17-15-42/h6-13,18-19,21,29H,14-17,20,22-23H2,1-5H3,(H,39,40,41)/t29-/m1/s1. The van der Waals surface area contributed by atoms with Gasteiger partial charge in [-0.15, -0.1) is 0 Å². The Morgan fingerprint density at radius 2 is 1.70 bits per heavy atom. The average molecular weight is 699 g/mol. The number of carbonyl (C=O) groups is 2. The van der Waals surface area contributed by atoms with Crippen molar-refractivity contribution in [2.45, 2.75) is 58.5 Å². The lowest BCUT2D eigenvalue weighted by atomic mass is 9.87. The normalized spacial score (nSPS) is 17.9. The SMILES string of the molecule is Cc1cccc(C)c1-c1cc2nc(n1)NS(=O)(=O)c1cccc(c1)C(=O)N(Cc1ccc(C(=O)N3CCOCC3)cn1)[C@H](CC(C)(C)C)CO2. The molecule has 2 aromatic heterocycles. The van der Waals surface area contributed by atoms with Crippen molar-refractivity contribution in [3.8, 4) is 17.1 Å². The number of carbonyl (C=O) groups excluding carboxylic acids is 2. The molecule has 2 aliphatic heterocycles. The monoisotopic (exact) mass is 698 g/mol. The first-order valence-corrected chi connectivity index (χ1v) is 18.1. The molecule has 4 heterocycles. The van der Waals surface area contributed by atoms with E-state index in [9.17, 15) is 18.0 Å². The maximum Gasteiger partial charge on any atom is 0.264 e. The fourth-order valence-corrected chi connectivity index (χ4v) is 7.30. The fraction of sp³-hybridized carbons (Fsp3) is 0.378. The van der Waals surface area contributed by atoms with Crippen molar-refractivity contribution in [2.24, 2.45) is 5.41 Å². The third-order valence-corrected chi connectivity index (χ3v) is 10.1. The number of fused-ring (bicyclic) bond motifs is 4. The minimum atomic E-state index is -4.20. The van der Waals surface area contributed by atoms with E-state index >= 15 is 0 Å². The van der Waals surface area contributed by atoms with Gasteiger partial charge in [-0.3, -0.25) is 14.6 Å². The van der Waals surface area contributed by atoms with Crippen LogP contribution in [-0.2, 0) is 21.3 Å². The van der Waals surface area contributed by atoms with Crippen LogP contribution in [0.25, 0.3) is 11.3 Å². The number of aryl methyl sites for hydroxylation is 2. The van der Waals surface area contributed by atoms with Crippen LogP contribution in [0.1, 0.15) is 64.7 Å². The van der Waals surface area contributed by atoms with Gasteiger partial charge < -0.3 is 19.3 Å². The molecular weight excluding hydrogens is 657 g/mol. The van der Waals surface area contributed by atoms with E-state index in [-0.39, 0.29) is 52.7 Å². The number of morpholine rings is 1. The Morgan fingerprint density at radius 1 is 0.980 bits per heavy atom. The molecule has 0 saturated carbocycles. The zero-order valence-electron chi connectivity index (χ0n) is 29.0. The van der Waals surface area contributed by atoms with Gasteiger partial charge >= 0.3 is 0 Å². The van der Waals surface area contributed by atoms with Crippen LogP contribution in [-0.4, -0.2) is 83.9 Å². The second-order valence-corrected chi connectivity index (χ2v) is 15.6. The summed E-state index contributed by atoms with van der Waals surface area (Å²) in [5.41, 5.74) is 4.24. The summed E-state index contributed by atoms with van der Waals surface area (Å²) in [5.74, 6) is -0.489. The first kappa shape index (κ1) is 35.0. The van der Waals surface area contributed by atoms with Crippen molar-refractivity contribution >= 4 is 27.8 Å². The third kappa shape index (κ3) is 7.95. The summed E-state index contributed by atoms with van der Waals surface area (Å²) < 4.78 is 41.6. The molecule has 13 heteroatoms. The molecule has 0 radical (unpaired) electrons. The van der Waals surface area contributed by atoms with Crippen molar-refractivity contribution in [3.05, 3.63) is 94.8 Å². The minimum Gasteiger partial charge on any atom is -0.475 e. The molecule has 1 atom stereocenters. The van der Waals surface area contributed by atoms with Gasteiger partial charge in [0.25, 0.3) is 21.8 Å². The zero-order valence-corrected chi connectivity index (χ0v) is 29.8. The van der Waals surface area contributed by atoms with E-state index in [2.05, 4.69) is 40.4 Å². The number of nitrogens with zero attached hydrogens (tertiary/aromatic N) is 5. The molecule has 50 heavy (non-hydrogen) atoms. The van der Waals surface area contributed by atoms with Crippen molar-refractivity contribution in [2.75, 3.05) is 37.6 Å². The summed E-state index contributed by atoms with van der Waals surface area (Å²) in [7, 11) is -4.20. The highest BCUT2D eigenvalue weighted by molar-refractivity contribution is 7.92. The van der Waals surface area contributed by atoms with Gasteiger partial charge in [0.2, 0.25) is 11.8 Å². The predicted octanol–water partition coefficient (Wildman–Crippen LogP) is 5.27. The number of hydrogen-bond acceptors (Lipinski definition) is 9. The number of sulfonamides is 1. The Balaban J connectivity index is 1.41. The number of hydrogen-bond donors (Lipinski definition) is 1. The molecule has 0 unspecified atom stereocenters. The molecule has 1 N–H and O–H groups in total. The van der Waals surface area contributed by atoms with Gasteiger partial charge in [0.15, 0.2) is 0 Å². The van der Waals surface area contributed by atoms with Gasteiger partial charge in [-0.25, -0.2) is 18.1 Å². The summed E-state index contributed by atoms with van der Waals surface area (Å²) in [6.07, 6.45) is 2.08. The molecule has 2 aromatic carbocycles. The van der Waals surface area contributed by atoms with Crippen LogP contribution in [0.3, 0.4) is 0 Å². The molecule has 1 saturated heterocycles. The highest BCUT2D eigenvalue weighted by atomic mass is 32.2. The topological polar surface area (TPSA) is 144 Å². The largest absolute Gasteiger partial charge is 0.475 e. The summed E-state index contributed by atoms with van der Waals surface area (Å²) in [6, 6.07) is 16.5. The summed E-state index contributed by atoms with van der Waals surface area (Å²) in [6.45, 7) is 12.3. The van der Waals surface area contributed by atoms with Crippen LogP contribution in [0.2, 0.25) is 0 Å². The Bertz CT molecular complexity index is 1990. The Kier molecular flexibility index (Phi) is 9.90. The smallest absolute Gasteiger partial charge is 0.264 e.